The summed E-state index contributed by atoms with van der Waals surface area (Å²) in [5.74, 6) is 0.0527. The molecule has 0 saturated carbocycles. The summed E-state index contributed by atoms with van der Waals surface area (Å²) in [6, 6.07) is 10.3. The Kier molecular flexibility index (Phi) is 3.75. The Labute approximate surface area is 124 Å². The fraction of sp³-hybridized carbons (Fsp3) is 0.375. The number of nitrogens with zero attached hydrogens (tertiary/aromatic N) is 4. The van der Waals surface area contributed by atoms with E-state index in [9.17, 15) is 4.79 Å². The van der Waals surface area contributed by atoms with E-state index in [1.807, 2.05) is 30.1 Å². The summed E-state index contributed by atoms with van der Waals surface area (Å²) in [4.78, 5) is 21.1. The highest BCUT2D eigenvalue weighted by Gasteiger charge is 2.31. The minimum absolute atomic E-state index is 0.0527. The zero-order chi connectivity index (χ0) is 14.8. The Morgan fingerprint density at radius 1 is 1.19 bits per heavy atom. The molecule has 1 aromatic heterocycles. The zero-order valence-electron chi connectivity index (χ0n) is 12.4. The van der Waals surface area contributed by atoms with E-state index in [0.717, 1.165) is 19.6 Å². The standard InChI is InChI=1S/C16H20N4O/c1-18-8-9-20(16(21)14-10-17-12-19(14)2)15(11-18)13-6-4-3-5-7-13/h3-7,10,12,15H,8-9,11H2,1-2H3/t15-/m1/s1. The van der Waals surface area contributed by atoms with Crippen LogP contribution >= 0.6 is 0 Å². The van der Waals surface area contributed by atoms with Crippen molar-refractivity contribution in [2.75, 3.05) is 26.7 Å². The van der Waals surface area contributed by atoms with Crippen molar-refractivity contribution in [3.05, 3.63) is 54.1 Å². The largest absolute Gasteiger partial charge is 0.330 e. The van der Waals surface area contributed by atoms with Gasteiger partial charge in [-0.05, 0) is 12.6 Å². The van der Waals surface area contributed by atoms with Gasteiger partial charge >= 0.3 is 0 Å². The van der Waals surface area contributed by atoms with Gasteiger partial charge in [0.05, 0.1) is 18.6 Å². The van der Waals surface area contributed by atoms with Crippen molar-refractivity contribution < 1.29 is 4.79 Å². The van der Waals surface area contributed by atoms with Gasteiger partial charge in [0.2, 0.25) is 0 Å². The van der Waals surface area contributed by atoms with Crippen LogP contribution in [0.2, 0.25) is 0 Å². The minimum atomic E-state index is 0.0527. The lowest BCUT2D eigenvalue weighted by Crippen LogP contribution is -2.49. The van der Waals surface area contributed by atoms with Crippen LogP contribution in [0.15, 0.2) is 42.9 Å². The number of aryl methyl sites for hydroxylation is 1. The molecule has 5 nitrogen and oxygen atoms in total. The van der Waals surface area contributed by atoms with Gasteiger partial charge in [0.15, 0.2) is 0 Å². The highest BCUT2D eigenvalue weighted by molar-refractivity contribution is 5.92. The second kappa shape index (κ2) is 5.69. The Bertz CT molecular complexity index is 622. The van der Waals surface area contributed by atoms with Crippen LogP contribution in [0.5, 0.6) is 0 Å². The maximum absolute atomic E-state index is 12.8. The second-order valence-corrected chi connectivity index (χ2v) is 5.58. The maximum atomic E-state index is 12.8. The molecule has 0 bridgehead atoms. The van der Waals surface area contributed by atoms with Gasteiger partial charge in [0, 0.05) is 26.7 Å². The average molecular weight is 284 g/mol. The maximum Gasteiger partial charge on any atom is 0.272 e. The van der Waals surface area contributed by atoms with Crippen molar-refractivity contribution in [2.24, 2.45) is 7.05 Å². The second-order valence-electron chi connectivity index (χ2n) is 5.58. The minimum Gasteiger partial charge on any atom is -0.330 e. The summed E-state index contributed by atoms with van der Waals surface area (Å²) in [7, 11) is 3.95. The lowest BCUT2D eigenvalue weighted by molar-refractivity contribution is 0.0488. The summed E-state index contributed by atoms with van der Waals surface area (Å²) in [6.07, 6.45) is 3.31. The zero-order valence-corrected chi connectivity index (χ0v) is 12.4. The summed E-state index contributed by atoms with van der Waals surface area (Å²) in [5, 5.41) is 0. The normalized spacial score (nSPS) is 19.7. The number of piperazine rings is 1. The SMILES string of the molecule is CN1CCN(C(=O)c2cncn2C)[C@@H](c2ccccc2)C1. The smallest absolute Gasteiger partial charge is 0.272 e. The molecular weight excluding hydrogens is 264 g/mol. The van der Waals surface area contributed by atoms with Crippen molar-refractivity contribution in [2.45, 2.75) is 6.04 Å². The first-order valence-corrected chi connectivity index (χ1v) is 7.17. The molecule has 0 radical (unpaired) electrons. The number of benzene rings is 1. The average Bonchev–Trinajstić information content (AvgIpc) is 2.93. The van der Waals surface area contributed by atoms with Crippen molar-refractivity contribution in [1.29, 1.82) is 0 Å². The van der Waals surface area contributed by atoms with Crippen LogP contribution in [0.4, 0.5) is 0 Å². The molecule has 2 aromatic rings. The molecule has 0 unspecified atom stereocenters. The van der Waals surface area contributed by atoms with Gasteiger partial charge in [-0.25, -0.2) is 4.98 Å². The number of carbonyl (C=O) groups excluding carboxylic acids is 1. The predicted molar refractivity (Wildman–Crippen MR) is 80.9 cm³/mol. The number of carbonyl (C=O) groups is 1. The number of hydrogen-bond donors (Lipinski definition) is 0. The van der Waals surface area contributed by atoms with Crippen LogP contribution in [-0.2, 0) is 7.05 Å². The third-order valence-electron chi connectivity index (χ3n) is 4.06. The topological polar surface area (TPSA) is 41.4 Å². The molecule has 1 amide bonds. The molecular formula is C16H20N4O. The van der Waals surface area contributed by atoms with E-state index in [2.05, 4.69) is 29.1 Å². The number of amides is 1. The van der Waals surface area contributed by atoms with Crippen LogP contribution in [0.1, 0.15) is 22.1 Å². The molecule has 1 aromatic carbocycles. The molecule has 5 heteroatoms. The molecule has 1 aliphatic heterocycles. The highest BCUT2D eigenvalue weighted by atomic mass is 16.2. The lowest BCUT2D eigenvalue weighted by atomic mass is 10.0. The first-order valence-electron chi connectivity index (χ1n) is 7.17. The van der Waals surface area contributed by atoms with E-state index < -0.39 is 0 Å². The highest BCUT2D eigenvalue weighted by Crippen LogP contribution is 2.26. The van der Waals surface area contributed by atoms with Crippen molar-refractivity contribution in [3.63, 3.8) is 0 Å². The third kappa shape index (κ3) is 2.69. The number of hydrogen-bond acceptors (Lipinski definition) is 3. The Morgan fingerprint density at radius 2 is 1.95 bits per heavy atom. The Balaban J connectivity index is 1.91. The molecule has 2 heterocycles. The molecule has 110 valence electrons. The van der Waals surface area contributed by atoms with E-state index in [1.54, 1.807) is 17.1 Å². The summed E-state index contributed by atoms with van der Waals surface area (Å²) < 4.78 is 1.78. The summed E-state index contributed by atoms with van der Waals surface area (Å²) >= 11 is 0. The van der Waals surface area contributed by atoms with Crippen LogP contribution in [0.25, 0.3) is 0 Å². The molecule has 0 aliphatic carbocycles. The molecule has 1 fully saturated rings. The van der Waals surface area contributed by atoms with E-state index >= 15 is 0 Å². The van der Waals surface area contributed by atoms with Gasteiger partial charge in [0.25, 0.3) is 5.91 Å². The molecule has 21 heavy (non-hydrogen) atoms. The van der Waals surface area contributed by atoms with Crippen LogP contribution < -0.4 is 0 Å². The monoisotopic (exact) mass is 284 g/mol. The first kappa shape index (κ1) is 13.8. The van der Waals surface area contributed by atoms with Gasteiger partial charge in [-0.2, -0.15) is 0 Å². The number of likely N-dealkylation sites (N-methyl/N-ethyl adjacent to an activating group) is 1. The molecule has 0 spiro atoms. The molecule has 1 atom stereocenters. The van der Waals surface area contributed by atoms with Crippen LogP contribution in [0, 0.1) is 0 Å². The van der Waals surface area contributed by atoms with Gasteiger partial charge < -0.3 is 14.4 Å². The van der Waals surface area contributed by atoms with E-state index in [4.69, 9.17) is 0 Å². The van der Waals surface area contributed by atoms with Gasteiger partial charge in [-0.15, -0.1) is 0 Å². The van der Waals surface area contributed by atoms with Crippen LogP contribution in [0.3, 0.4) is 0 Å². The van der Waals surface area contributed by atoms with E-state index in [-0.39, 0.29) is 11.9 Å². The van der Waals surface area contributed by atoms with Gasteiger partial charge in [-0.1, -0.05) is 30.3 Å². The quantitative estimate of drug-likeness (QED) is 0.840. The summed E-state index contributed by atoms with van der Waals surface area (Å²) in [5.41, 5.74) is 1.82. The van der Waals surface area contributed by atoms with Crippen molar-refractivity contribution in [3.8, 4) is 0 Å². The first-order chi connectivity index (χ1) is 10.2. The molecule has 1 aliphatic rings. The summed E-state index contributed by atoms with van der Waals surface area (Å²) in [6.45, 7) is 2.49. The van der Waals surface area contributed by atoms with E-state index in [1.165, 1.54) is 5.56 Å². The molecule has 3 rings (SSSR count). The fourth-order valence-electron chi connectivity index (χ4n) is 2.83. The molecule has 0 N–H and O–H groups in total. The number of rotatable bonds is 2. The number of imidazole rings is 1. The lowest BCUT2D eigenvalue weighted by Gasteiger charge is -2.40. The van der Waals surface area contributed by atoms with Crippen molar-refractivity contribution in [1.82, 2.24) is 19.4 Å². The third-order valence-corrected chi connectivity index (χ3v) is 4.06. The Hall–Kier alpha value is -2.14. The van der Waals surface area contributed by atoms with Crippen LogP contribution in [-0.4, -0.2) is 51.9 Å². The van der Waals surface area contributed by atoms with Gasteiger partial charge in [-0.3, -0.25) is 4.79 Å². The van der Waals surface area contributed by atoms with E-state index in [0.29, 0.717) is 5.69 Å². The predicted octanol–water partition coefficient (Wildman–Crippen LogP) is 1.55. The fourth-order valence-corrected chi connectivity index (χ4v) is 2.83. The number of aromatic nitrogens is 2. The molecule has 1 saturated heterocycles. The van der Waals surface area contributed by atoms with Gasteiger partial charge in [0.1, 0.15) is 5.69 Å². The van der Waals surface area contributed by atoms with Crippen molar-refractivity contribution >= 4 is 5.91 Å². The Morgan fingerprint density at radius 3 is 2.62 bits per heavy atom.